The molecular weight excluding hydrogens is 244 g/mol. The fourth-order valence-corrected chi connectivity index (χ4v) is 1.58. The second-order valence-corrected chi connectivity index (χ2v) is 4.97. The molecule has 4 heteroatoms. The van der Waals surface area contributed by atoms with Crippen LogP contribution >= 0.6 is 0 Å². The first-order valence-electron chi connectivity index (χ1n) is 6.34. The average molecular weight is 262 g/mol. The number of hydrogen-bond acceptors (Lipinski definition) is 4. The van der Waals surface area contributed by atoms with Gasteiger partial charge in [-0.3, -0.25) is 0 Å². The van der Waals surface area contributed by atoms with Crippen molar-refractivity contribution < 1.29 is 13.6 Å². The molecule has 0 aliphatic heterocycles. The summed E-state index contributed by atoms with van der Waals surface area (Å²) in [6, 6.07) is 9.38. The monoisotopic (exact) mass is 262 g/mol. The molecule has 2 aromatic rings. The summed E-state index contributed by atoms with van der Waals surface area (Å²) in [7, 11) is 0. The fourth-order valence-electron chi connectivity index (χ4n) is 1.58. The molecule has 1 aromatic carbocycles. The molecule has 0 saturated carbocycles. The summed E-state index contributed by atoms with van der Waals surface area (Å²) >= 11 is 0. The first kappa shape index (κ1) is 13.6. The van der Waals surface area contributed by atoms with Crippen LogP contribution in [-0.2, 0) is 11.3 Å². The lowest BCUT2D eigenvalue weighted by molar-refractivity contribution is -0.0384. The lowest BCUT2D eigenvalue weighted by atomic mass is 10.1. The zero-order valence-corrected chi connectivity index (χ0v) is 11.4. The third-order valence-electron chi connectivity index (χ3n) is 3.13. The zero-order valence-electron chi connectivity index (χ0n) is 11.4. The molecule has 19 heavy (non-hydrogen) atoms. The van der Waals surface area contributed by atoms with Crippen LogP contribution < -0.4 is 5.82 Å². The van der Waals surface area contributed by atoms with Crippen LogP contribution in [0.1, 0.15) is 33.0 Å². The Balaban J connectivity index is 2.25. The van der Waals surface area contributed by atoms with Crippen LogP contribution in [0, 0.1) is 0 Å². The fraction of sp³-hybridized carbons (Fsp3) is 0.400. The molecule has 1 heterocycles. The van der Waals surface area contributed by atoms with E-state index >= 15 is 0 Å². The maximum atomic E-state index is 11.3. The van der Waals surface area contributed by atoms with E-state index in [-0.39, 0.29) is 12.2 Å². The normalized spacial score (nSPS) is 11.7. The summed E-state index contributed by atoms with van der Waals surface area (Å²) in [6.07, 6.45) is 0.871. The highest BCUT2D eigenvalue weighted by molar-refractivity contribution is 5.58. The lowest BCUT2D eigenvalue weighted by Gasteiger charge is -2.22. The van der Waals surface area contributed by atoms with Gasteiger partial charge in [-0.25, -0.2) is 4.79 Å². The molecule has 0 aliphatic carbocycles. The van der Waals surface area contributed by atoms with E-state index in [1.807, 2.05) is 51.1 Å². The van der Waals surface area contributed by atoms with Crippen molar-refractivity contribution in [1.29, 1.82) is 0 Å². The Hall–Kier alpha value is -1.81. The van der Waals surface area contributed by atoms with E-state index in [1.165, 1.54) is 0 Å². The molecule has 102 valence electrons. The summed E-state index contributed by atoms with van der Waals surface area (Å²) in [5.74, 6) is 0.169. The van der Waals surface area contributed by atoms with Crippen LogP contribution in [0.5, 0.6) is 0 Å². The van der Waals surface area contributed by atoms with Gasteiger partial charge in [0, 0.05) is 5.56 Å². The van der Waals surface area contributed by atoms with Gasteiger partial charge in [-0.05, 0) is 20.3 Å². The molecule has 0 unspecified atom stereocenters. The predicted molar refractivity (Wildman–Crippen MR) is 71.8 cm³/mol. The van der Waals surface area contributed by atoms with Gasteiger partial charge in [-0.15, -0.1) is 0 Å². The summed E-state index contributed by atoms with van der Waals surface area (Å²) < 4.78 is 15.9. The highest BCUT2D eigenvalue weighted by atomic mass is 16.6. The Morgan fingerprint density at radius 2 is 1.84 bits per heavy atom. The zero-order chi connectivity index (χ0) is 13.9. The van der Waals surface area contributed by atoms with Crippen molar-refractivity contribution in [1.82, 2.24) is 0 Å². The van der Waals surface area contributed by atoms with Crippen molar-refractivity contribution in [2.45, 2.75) is 39.4 Å². The molecule has 1 aromatic heterocycles. The van der Waals surface area contributed by atoms with Gasteiger partial charge < -0.3 is 13.6 Å². The van der Waals surface area contributed by atoms with Crippen LogP contribution in [-0.4, -0.2) is 5.60 Å². The van der Waals surface area contributed by atoms with Crippen molar-refractivity contribution in [2.24, 2.45) is 0 Å². The molecular formula is C15H18O4. The topological polar surface area (TPSA) is 52.6 Å². The van der Waals surface area contributed by atoms with Crippen LogP contribution in [0.4, 0.5) is 0 Å². The van der Waals surface area contributed by atoms with E-state index in [1.54, 1.807) is 0 Å². The third kappa shape index (κ3) is 3.35. The number of ether oxygens (including phenoxy) is 1. The van der Waals surface area contributed by atoms with Gasteiger partial charge >= 0.3 is 5.82 Å². The Labute approximate surface area is 112 Å². The maximum absolute atomic E-state index is 11.3. The number of hydrogen-bond donors (Lipinski definition) is 0. The quantitative estimate of drug-likeness (QED) is 0.826. The minimum Gasteiger partial charge on any atom is -0.393 e. The van der Waals surface area contributed by atoms with Gasteiger partial charge in [0.25, 0.3) is 0 Å². The van der Waals surface area contributed by atoms with E-state index < -0.39 is 5.82 Å². The van der Waals surface area contributed by atoms with Gasteiger partial charge in [0.15, 0.2) is 11.5 Å². The first-order chi connectivity index (χ1) is 9.02. The Morgan fingerprint density at radius 1 is 1.16 bits per heavy atom. The molecule has 0 spiro atoms. The van der Waals surface area contributed by atoms with Crippen LogP contribution in [0.3, 0.4) is 0 Å². The molecule has 0 radical (unpaired) electrons. The van der Waals surface area contributed by atoms with Crippen LogP contribution in [0.25, 0.3) is 11.3 Å². The lowest BCUT2D eigenvalue weighted by Crippen LogP contribution is -2.22. The predicted octanol–water partition coefficient (Wildman–Crippen LogP) is 3.61. The SMILES string of the molecule is CCC(C)(C)OCc1oc(=O)oc1-c1ccccc1. The van der Waals surface area contributed by atoms with E-state index in [9.17, 15) is 4.79 Å². The van der Waals surface area contributed by atoms with E-state index in [2.05, 4.69) is 0 Å². The molecule has 0 aliphatic rings. The molecule has 0 amide bonds. The smallest absolute Gasteiger partial charge is 0.393 e. The Morgan fingerprint density at radius 3 is 2.47 bits per heavy atom. The molecule has 2 rings (SSSR count). The van der Waals surface area contributed by atoms with Crippen molar-refractivity contribution in [3.63, 3.8) is 0 Å². The van der Waals surface area contributed by atoms with Crippen molar-refractivity contribution >= 4 is 0 Å². The minimum atomic E-state index is -0.702. The van der Waals surface area contributed by atoms with Gasteiger partial charge in [0.05, 0.1) is 5.60 Å². The summed E-state index contributed by atoms with van der Waals surface area (Å²) in [4.78, 5) is 11.3. The number of rotatable bonds is 5. The average Bonchev–Trinajstić information content (AvgIpc) is 2.79. The van der Waals surface area contributed by atoms with Crippen molar-refractivity contribution in [2.75, 3.05) is 0 Å². The molecule has 4 nitrogen and oxygen atoms in total. The van der Waals surface area contributed by atoms with Crippen molar-refractivity contribution in [3.05, 3.63) is 46.7 Å². The highest BCUT2D eigenvalue weighted by Gasteiger charge is 2.20. The molecule has 0 bridgehead atoms. The highest BCUT2D eigenvalue weighted by Crippen LogP contribution is 2.25. The van der Waals surface area contributed by atoms with Crippen LogP contribution in [0.2, 0.25) is 0 Å². The maximum Gasteiger partial charge on any atom is 0.519 e. The first-order valence-corrected chi connectivity index (χ1v) is 6.34. The van der Waals surface area contributed by atoms with E-state index in [0.717, 1.165) is 12.0 Å². The standard InChI is InChI=1S/C15H18O4/c1-4-15(2,3)17-10-12-13(19-14(16)18-12)11-8-6-5-7-9-11/h5-9H,4,10H2,1-3H3. The largest absolute Gasteiger partial charge is 0.519 e. The van der Waals surface area contributed by atoms with Gasteiger partial charge in [0.2, 0.25) is 0 Å². The molecule has 0 fully saturated rings. The third-order valence-corrected chi connectivity index (χ3v) is 3.13. The Bertz CT molecular complexity index is 578. The van der Waals surface area contributed by atoms with Gasteiger partial charge in [-0.1, -0.05) is 37.3 Å². The van der Waals surface area contributed by atoms with Gasteiger partial charge in [0.1, 0.15) is 6.61 Å². The summed E-state index contributed by atoms with van der Waals surface area (Å²) in [5, 5.41) is 0. The molecule has 0 N–H and O–H groups in total. The van der Waals surface area contributed by atoms with Crippen LogP contribution in [0.15, 0.2) is 44.0 Å². The number of benzene rings is 1. The van der Waals surface area contributed by atoms with Crippen molar-refractivity contribution in [3.8, 4) is 11.3 Å². The van der Waals surface area contributed by atoms with E-state index in [4.69, 9.17) is 13.6 Å². The second-order valence-electron chi connectivity index (χ2n) is 4.97. The molecule has 0 saturated heterocycles. The minimum absolute atomic E-state index is 0.219. The molecule has 0 atom stereocenters. The second kappa shape index (κ2) is 5.45. The van der Waals surface area contributed by atoms with Gasteiger partial charge in [-0.2, -0.15) is 0 Å². The van der Waals surface area contributed by atoms with E-state index in [0.29, 0.717) is 11.5 Å². The summed E-state index contributed by atoms with van der Waals surface area (Å²) in [5.41, 5.74) is 0.547. The summed E-state index contributed by atoms with van der Waals surface area (Å²) in [6.45, 7) is 6.25. The Kier molecular flexibility index (Phi) is 3.90.